The second kappa shape index (κ2) is 7.46. The lowest BCUT2D eigenvalue weighted by Crippen LogP contribution is -2.21. The number of thiophene rings is 1. The minimum Gasteiger partial charge on any atom is -0.312 e. The predicted octanol–water partition coefficient (Wildman–Crippen LogP) is 4.94. The summed E-state index contributed by atoms with van der Waals surface area (Å²) in [6.07, 6.45) is 2.53. The molecular formula is C17H23NS. The van der Waals surface area contributed by atoms with Gasteiger partial charge in [0.25, 0.3) is 0 Å². The third kappa shape index (κ3) is 4.19. The topological polar surface area (TPSA) is 12.0 Å². The van der Waals surface area contributed by atoms with Crippen molar-refractivity contribution in [3.8, 4) is 11.1 Å². The van der Waals surface area contributed by atoms with Gasteiger partial charge in [0.05, 0.1) is 0 Å². The van der Waals surface area contributed by atoms with Crippen molar-refractivity contribution in [1.82, 2.24) is 5.32 Å². The Morgan fingerprint density at radius 2 is 1.79 bits per heavy atom. The molecule has 0 amide bonds. The summed E-state index contributed by atoms with van der Waals surface area (Å²) in [5.74, 6) is 0.813. The molecule has 19 heavy (non-hydrogen) atoms. The van der Waals surface area contributed by atoms with Crippen LogP contribution in [0.3, 0.4) is 0 Å². The third-order valence-corrected chi connectivity index (χ3v) is 4.58. The first-order valence-electron chi connectivity index (χ1n) is 7.17. The number of nitrogens with one attached hydrogen (secondary N) is 1. The highest BCUT2D eigenvalue weighted by molar-refractivity contribution is 7.10. The highest BCUT2D eigenvalue weighted by Gasteiger charge is 2.04. The van der Waals surface area contributed by atoms with Crippen LogP contribution in [0.4, 0.5) is 0 Å². The second-order valence-electron chi connectivity index (χ2n) is 4.98. The molecule has 1 heterocycles. The maximum absolute atomic E-state index is 3.58. The van der Waals surface area contributed by atoms with Crippen molar-refractivity contribution in [3.63, 3.8) is 0 Å². The third-order valence-electron chi connectivity index (χ3n) is 3.65. The second-order valence-corrected chi connectivity index (χ2v) is 5.98. The maximum atomic E-state index is 3.58. The molecule has 102 valence electrons. The molecule has 0 aliphatic rings. The molecule has 1 aromatic carbocycles. The fourth-order valence-electron chi connectivity index (χ4n) is 2.23. The van der Waals surface area contributed by atoms with E-state index in [2.05, 4.69) is 60.9 Å². The van der Waals surface area contributed by atoms with E-state index in [0.29, 0.717) is 0 Å². The Bertz CT molecular complexity index is 471. The highest BCUT2D eigenvalue weighted by atomic mass is 32.1. The van der Waals surface area contributed by atoms with Crippen molar-refractivity contribution in [2.24, 2.45) is 5.92 Å². The Kier molecular flexibility index (Phi) is 5.62. The van der Waals surface area contributed by atoms with Crippen LogP contribution < -0.4 is 5.32 Å². The summed E-state index contributed by atoms with van der Waals surface area (Å²) in [5, 5.41) is 5.83. The van der Waals surface area contributed by atoms with Crippen molar-refractivity contribution < 1.29 is 0 Å². The first-order valence-corrected chi connectivity index (χ1v) is 8.05. The zero-order valence-electron chi connectivity index (χ0n) is 11.9. The Hall–Kier alpha value is -1.12. The van der Waals surface area contributed by atoms with Crippen molar-refractivity contribution in [3.05, 3.63) is 46.7 Å². The molecule has 2 heteroatoms. The van der Waals surface area contributed by atoms with Crippen molar-refractivity contribution >= 4 is 11.3 Å². The van der Waals surface area contributed by atoms with Crippen LogP contribution in [-0.4, -0.2) is 6.54 Å². The average molecular weight is 273 g/mol. The molecule has 0 atom stereocenters. The van der Waals surface area contributed by atoms with Crippen LogP contribution >= 0.6 is 11.3 Å². The van der Waals surface area contributed by atoms with Gasteiger partial charge < -0.3 is 5.32 Å². The number of rotatable bonds is 7. The zero-order chi connectivity index (χ0) is 13.5. The predicted molar refractivity (Wildman–Crippen MR) is 85.5 cm³/mol. The van der Waals surface area contributed by atoms with Crippen LogP contribution in [0.2, 0.25) is 0 Å². The molecular weight excluding hydrogens is 250 g/mol. The lowest BCUT2D eigenvalue weighted by atomic mass is 10.0. The Labute approximate surface area is 120 Å². The largest absolute Gasteiger partial charge is 0.312 e. The molecule has 0 aliphatic heterocycles. The summed E-state index contributed by atoms with van der Waals surface area (Å²) < 4.78 is 0. The number of hydrogen-bond donors (Lipinski definition) is 1. The molecule has 0 aliphatic carbocycles. The van der Waals surface area contributed by atoms with E-state index in [0.717, 1.165) is 19.0 Å². The van der Waals surface area contributed by atoms with Gasteiger partial charge in [-0.2, -0.15) is 0 Å². The van der Waals surface area contributed by atoms with Crippen LogP contribution in [0.25, 0.3) is 11.1 Å². The van der Waals surface area contributed by atoms with E-state index in [4.69, 9.17) is 0 Å². The van der Waals surface area contributed by atoms with Crippen molar-refractivity contribution in [2.45, 2.75) is 33.2 Å². The molecule has 0 spiro atoms. The summed E-state index contributed by atoms with van der Waals surface area (Å²) >= 11 is 1.85. The van der Waals surface area contributed by atoms with Crippen LogP contribution in [0.5, 0.6) is 0 Å². The van der Waals surface area contributed by atoms with Gasteiger partial charge in [-0.15, -0.1) is 11.3 Å². The highest BCUT2D eigenvalue weighted by Crippen LogP contribution is 2.25. The van der Waals surface area contributed by atoms with Gasteiger partial charge in [-0.3, -0.25) is 0 Å². The molecule has 0 bridgehead atoms. The SMILES string of the molecule is CCC(CC)CNCc1cc(-c2ccccc2)cs1. The van der Waals surface area contributed by atoms with E-state index in [-0.39, 0.29) is 0 Å². The van der Waals surface area contributed by atoms with Gasteiger partial charge in [0.2, 0.25) is 0 Å². The standard InChI is InChI=1S/C17H23NS/c1-3-14(4-2)11-18-12-17-10-16(13-19-17)15-8-6-5-7-9-15/h5-10,13-14,18H,3-4,11-12H2,1-2H3. The van der Waals surface area contributed by atoms with Gasteiger partial charge in [0.1, 0.15) is 0 Å². The van der Waals surface area contributed by atoms with Gasteiger partial charge in [0, 0.05) is 11.4 Å². The van der Waals surface area contributed by atoms with Crippen LogP contribution in [0.15, 0.2) is 41.8 Å². The molecule has 0 saturated heterocycles. The van der Waals surface area contributed by atoms with Gasteiger partial charge in [-0.25, -0.2) is 0 Å². The molecule has 1 nitrogen and oxygen atoms in total. The van der Waals surface area contributed by atoms with E-state index in [1.54, 1.807) is 0 Å². The van der Waals surface area contributed by atoms with E-state index >= 15 is 0 Å². The maximum Gasteiger partial charge on any atom is 0.0300 e. The van der Waals surface area contributed by atoms with Crippen LogP contribution in [0, 0.1) is 5.92 Å². The average Bonchev–Trinajstić information content (AvgIpc) is 2.93. The zero-order valence-corrected chi connectivity index (χ0v) is 12.7. The molecule has 1 aromatic heterocycles. The molecule has 0 fully saturated rings. The molecule has 0 saturated carbocycles. The number of hydrogen-bond acceptors (Lipinski definition) is 2. The molecule has 2 rings (SSSR count). The summed E-state index contributed by atoms with van der Waals surface area (Å²) in [6.45, 7) is 6.67. The van der Waals surface area contributed by atoms with Gasteiger partial charge >= 0.3 is 0 Å². The minimum absolute atomic E-state index is 0.813. The van der Waals surface area contributed by atoms with Gasteiger partial charge in [-0.05, 0) is 35.0 Å². The summed E-state index contributed by atoms with van der Waals surface area (Å²) in [7, 11) is 0. The van der Waals surface area contributed by atoms with E-state index in [1.165, 1.54) is 28.8 Å². The Morgan fingerprint density at radius 3 is 2.47 bits per heavy atom. The molecule has 0 radical (unpaired) electrons. The fraction of sp³-hybridized carbons (Fsp3) is 0.412. The monoisotopic (exact) mass is 273 g/mol. The smallest absolute Gasteiger partial charge is 0.0300 e. The first kappa shape index (κ1) is 14.3. The van der Waals surface area contributed by atoms with E-state index in [9.17, 15) is 0 Å². The minimum atomic E-state index is 0.813. The molecule has 2 aromatic rings. The van der Waals surface area contributed by atoms with E-state index < -0.39 is 0 Å². The quantitative estimate of drug-likeness (QED) is 0.753. The molecule has 0 unspecified atom stereocenters. The van der Waals surface area contributed by atoms with Crippen LogP contribution in [0.1, 0.15) is 31.6 Å². The van der Waals surface area contributed by atoms with Crippen molar-refractivity contribution in [1.29, 1.82) is 0 Å². The summed E-state index contributed by atoms with van der Waals surface area (Å²) in [6, 6.07) is 12.9. The summed E-state index contributed by atoms with van der Waals surface area (Å²) in [5.41, 5.74) is 2.65. The molecule has 1 N–H and O–H groups in total. The van der Waals surface area contributed by atoms with Crippen LogP contribution in [-0.2, 0) is 6.54 Å². The summed E-state index contributed by atoms with van der Waals surface area (Å²) in [4.78, 5) is 1.42. The van der Waals surface area contributed by atoms with E-state index in [1.807, 2.05) is 11.3 Å². The normalized spacial score (nSPS) is 11.1. The fourth-order valence-corrected chi connectivity index (χ4v) is 3.10. The van der Waals surface area contributed by atoms with Gasteiger partial charge in [0.15, 0.2) is 0 Å². The van der Waals surface area contributed by atoms with Gasteiger partial charge in [-0.1, -0.05) is 57.0 Å². The first-order chi connectivity index (χ1) is 9.33. The van der Waals surface area contributed by atoms with Crippen molar-refractivity contribution in [2.75, 3.05) is 6.54 Å². The Balaban J connectivity index is 1.88. The Morgan fingerprint density at radius 1 is 1.05 bits per heavy atom. The number of benzene rings is 1. The lowest BCUT2D eigenvalue weighted by molar-refractivity contribution is 0.450. The lowest BCUT2D eigenvalue weighted by Gasteiger charge is -2.12.